The number of benzene rings is 2. The van der Waals surface area contributed by atoms with Gasteiger partial charge in [0.15, 0.2) is 0 Å². The zero-order valence-corrected chi connectivity index (χ0v) is 17.3. The number of anilines is 1. The third-order valence-electron chi connectivity index (χ3n) is 5.64. The van der Waals surface area contributed by atoms with E-state index in [0.717, 1.165) is 12.3 Å². The molecule has 4 rings (SSSR count). The van der Waals surface area contributed by atoms with Gasteiger partial charge in [-0.05, 0) is 73.6 Å². The van der Waals surface area contributed by atoms with Crippen molar-refractivity contribution in [2.45, 2.75) is 36.6 Å². The van der Waals surface area contributed by atoms with E-state index in [4.69, 9.17) is 23.2 Å². The van der Waals surface area contributed by atoms with E-state index in [0.29, 0.717) is 16.5 Å². The van der Waals surface area contributed by atoms with E-state index in [1.807, 2.05) is 0 Å². The monoisotopic (exact) mass is 438 g/mol. The average molecular weight is 439 g/mol. The van der Waals surface area contributed by atoms with Gasteiger partial charge >= 0.3 is 0 Å². The van der Waals surface area contributed by atoms with Crippen LogP contribution in [0.1, 0.15) is 36.0 Å². The number of carbonyl (C=O) groups excluding carboxylic acids is 1. The maximum atomic E-state index is 12.6. The molecule has 0 aromatic heterocycles. The molecule has 8 heteroatoms. The van der Waals surface area contributed by atoms with E-state index in [1.165, 1.54) is 55.7 Å². The summed E-state index contributed by atoms with van der Waals surface area (Å²) in [6.07, 6.45) is 4.67. The van der Waals surface area contributed by atoms with E-state index < -0.39 is 10.0 Å². The zero-order valence-electron chi connectivity index (χ0n) is 15.0. The van der Waals surface area contributed by atoms with E-state index in [1.54, 1.807) is 6.07 Å². The van der Waals surface area contributed by atoms with E-state index in [9.17, 15) is 13.2 Å². The standard InChI is InChI=1S/C20H20Cl2N2O3S/c21-14-3-6-16(7-4-14)28(26,27)24-15-5-8-17(18(22)11-15)20(25)23-19-10-12-1-2-13(19)9-12/h3-8,11-13,19,24H,1-2,9-10H2,(H,23,25)/t12-,13-,19+/m1/s1. The molecule has 2 aliphatic rings. The van der Waals surface area contributed by atoms with Crippen LogP contribution in [-0.4, -0.2) is 20.4 Å². The van der Waals surface area contributed by atoms with Crippen LogP contribution < -0.4 is 10.0 Å². The molecule has 28 heavy (non-hydrogen) atoms. The minimum absolute atomic E-state index is 0.0890. The lowest BCUT2D eigenvalue weighted by Gasteiger charge is -2.23. The first-order valence-corrected chi connectivity index (χ1v) is 11.4. The van der Waals surface area contributed by atoms with Crippen molar-refractivity contribution in [3.63, 3.8) is 0 Å². The third-order valence-corrected chi connectivity index (χ3v) is 7.61. The summed E-state index contributed by atoms with van der Waals surface area (Å²) >= 11 is 12.1. The number of amides is 1. The number of rotatable bonds is 5. The van der Waals surface area contributed by atoms with Crippen molar-refractivity contribution in [2.75, 3.05) is 4.72 Å². The lowest BCUT2D eigenvalue weighted by atomic mass is 9.95. The Balaban J connectivity index is 1.46. The minimum Gasteiger partial charge on any atom is -0.349 e. The van der Waals surface area contributed by atoms with Crippen molar-refractivity contribution in [2.24, 2.45) is 11.8 Å². The van der Waals surface area contributed by atoms with Gasteiger partial charge in [-0.2, -0.15) is 0 Å². The van der Waals surface area contributed by atoms with Crippen LogP contribution in [0.2, 0.25) is 10.0 Å². The van der Waals surface area contributed by atoms with Gasteiger partial charge in [-0.25, -0.2) is 8.42 Å². The highest BCUT2D eigenvalue weighted by atomic mass is 35.5. The molecule has 2 fully saturated rings. The summed E-state index contributed by atoms with van der Waals surface area (Å²) in [5.41, 5.74) is 0.635. The van der Waals surface area contributed by atoms with Gasteiger partial charge in [-0.15, -0.1) is 0 Å². The molecule has 148 valence electrons. The Bertz CT molecular complexity index is 1010. The highest BCUT2D eigenvalue weighted by Gasteiger charge is 2.40. The molecule has 0 radical (unpaired) electrons. The predicted molar refractivity (Wildman–Crippen MR) is 110 cm³/mol. The number of halogens is 2. The number of hydrogen-bond acceptors (Lipinski definition) is 3. The molecule has 2 N–H and O–H groups in total. The molecule has 0 heterocycles. The van der Waals surface area contributed by atoms with Crippen LogP contribution in [0, 0.1) is 11.8 Å². The highest BCUT2D eigenvalue weighted by molar-refractivity contribution is 7.92. The second-order valence-corrected chi connectivity index (χ2v) is 10.0. The highest BCUT2D eigenvalue weighted by Crippen LogP contribution is 2.44. The molecule has 5 nitrogen and oxygen atoms in total. The number of nitrogens with one attached hydrogen (secondary N) is 2. The molecule has 2 aromatic carbocycles. The Morgan fingerprint density at radius 1 is 1.00 bits per heavy atom. The molecule has 0 spiro atoms. The SMILES string of the molecule is O=C(N[C@H]1C[C@@H]2CC[C@@H]1C2)c1ccc(NS(=O)(=O)c2ccc(Cl)cc2)cc1Cl. The van der Waals surface area contributed by atoms with Crippen molar-refractivity contribution in [3.05, 3.63) is 58.1 Å². The van der Waals surface area contributed by atoms with Gasteiger partial charge in [0.1, 0.15) is 0 Å². The van der Waals surface area contributed by atoms with Crippen molar-refractivity contribution in [1.29, 1.82) is 0 Å². The molecule has 0 saturated heterocycles. The van der Waals surface area contributed by atoms with Gasteiger partial charge < -0.3 is 5.32 Å². The summed E-state index contributed by atoms with van der Waals surface area (Å²) in [6.45, 7) is 0. The lowest BCUT2D eigenvalue weighted by Crippen LogP contribution is -2.38. The second kappa shape index (κ2) is 7.58. The summed E-state index contributed by atoms with van der Waals surface area (Å²) in [4.78, 5) is 12.7. The first-order valence-electron chi connectivity index (χ1n) is 9.20. The van der Waals surface area contributed by atoms with Gasteiger partial charge in [-0.3, -0.25) is 9.52 Å². The van der Waals surface area contributed by atoms with Crippen LogP contribution in [0.5, 0.6) is 0 Å². The normalized spacial score (nSPS) is 23.6. The van der Waals surface area contributed by atoms with Gasteiger partial charge in [-0.1, -0.05) is 29.6 Å². The molecule has 0 unspecified atom stereocenters. The number of hydrogen-bond donors (Lipinski definition) is 2. The van der Waals surface area contributed by atoms with Crippen LogP contribution in [0.25, 0.3) is 0 Å². The second-order valence-electron chi connectivity index (χ2n) is 7.51. The summed E-state index contributed by atoms with van der Waals surface area (Å²) in [6, 6.07) is 10.6. The van der Waals surface area contributed by atoms with Gasteiger partial charge in [0.2, 0.25) is 0 Å². The molecule has 2 aromatic rings. The molecule has 1 amide bonds. The number of sulfonamides is 1. The maximum Gasteiger partial charge on any atom is 0.261 e. The van der Waals surface area contributed by atoms with Crippen molar-refractivity contribution in [3.8, 4) is 0 Å². The fraction of sp³-hybridized carbons (Fsp3) is 0.350. The molecular formula is C20H20Cl2N2O3S. The molecule has 2 bridgehead atoms. The molecule has 2 saturated carbocycles. The van der Waals surface area contributed by atoms with E-state index in [-0.39, 0.29) is 27.6 Å². The Morgan fingerprint density at radius 2 is 1.75 bits per heavy atom. The largest absolute Gasteiger partial charge is 0.349 e. The van der Waals surface area contributed by atoms with Crippen LogP contribution in [0.3, 0.4) is 0 Å². The quantitative estimate of drug-likeness (QED) is 0.709. The first kappa shape index (κ1) is 19.6. The van der Waals surface area contributed by atoms with Crippen LogP contribution in [0.4, 0.5) is 5.69 Å². The lowest BCUT2D eigenvalue weighted by molar-refractivity contribution is 0.0923. The summed E-state index contributed by atoms with van der Waals surface area (Å²) in [7, 11) is -3.77. The van der Waals surface area contributed by atoms with Gasteiger partial charge in [0.05, 0.1) is 21.2 Å². The Labute approximate surface area is 174 Å². The molecule has 0 aliphatic heterocycles. The minimum atomic E-state index is -3.77. The van der Waals surface area contributed by atoms with Crippen molar-refractivity contribution in [1.82, 2.24) is 5.32 Å². The fourth-order valence-corrected chi connectivity index (χ4v) is 5.70. The van der Waals surface area contributed by atoms with Gasteiger partial charge in [0.25, 0.3) is 15.9 Å². The topological polar surface area (TPSA) is 75.3 Å². The average Bonchev–Trinajstić information content (AvgIpc) is 3.24. The van der Waals surface area contributed by atoms with Crippen molar-refractivity contribution < 1.29 is 13.2 Å². The predicted octanol–water partition coefficient (Wildman–Crippen LogP) is 4.71. The first-order chi connectivity index (χ1) is 13.3. The van der Waals surface area contributed by atoms with E-state index >= 15 is 0 Å². The Kier molecular flexibility index (Phi) is 5.29. The molecule has 3 atom stereocenters. The smallest absolute Gasteiger partial charge is 0.261 e. The molecule has 2 aliphatic carbocycles. The zero-order chi connectivity index (χ0) is 19.9. The summed E-state index contributed by atoms with van der Waals surface area (Å²) in [5, 5.41) is 3.75. The van der Waals surface area contributed by atoms with Crippen molar-refractivity contribution >= 4 is 44.8 Å². The third kappa shape index (κ3) is 4.00. The van der Waals surface area contributed by atoms with Crippen LogP contribution in [-0.2, 0) is 10.0 Å². The summed E-state index contributed by atoms with van der Waals surface area (Å²) in [5.74, 6) is 1.09. The Hall–Kier alpha value is -1.76. The number of fused-ring (bicyclic) bond motifs is 2. The maximum absolute atomic E-state index is 12.6. The Morgan fingerprint density at radius 3 is 2.36 bits per heavy atom. The number of carbonyl (C=O) groups is 1. The summed E-state index contributed by atoms with van der Waals surface area (Å²) < 4.78 is 27.4. The fourth-order valence-electron chi connectivity index (χ4n) is 4.26. The molecular weight excluding hydrogens is 419 g/mol. The van der Waals surface area contributed by atoms with Crippen LogP contribution in [0.15, 0.2) is 47.4 Å². The van der Waals surface area contributed by atoms with Gasteiger partial charge in [0, 0.05) is 11.1 Å². The van der Waals surface area contributed by atoms with Crippen LogP contribution >= 0.6 is 23.2 Å². The van der Waals surface area contributed by atoms with E-state index in [2.05, 4.69) is 10.0 Å².